The van der Waals surface area contributed by atoms with Crippen molar-refractivity contribution in [3.63, 3.8) is 0 Å². The molecule has 5 heterocycles. The van der Waals surface area contributed by atoms with E-state index in [1.807, 2.05) is 23.1 Å². The van der Waals surface area contributed by atoms with E-state index in [1.54, 1.807) is 11.3 Å². The van der Waals surface area contributed by atoms with Gasteiger partial charge in [0.05, 0.1) is 28.8 Å². The molecule has 0 aliphatic carbocycles. The lowest BCUT2D eigenvalue weighted by molar-refractivity contribution is -0.142. The van der Waals surface area contributed by atoms with Crippen LogP contribution in [0, 0.1) is 0 Å². The van der Waals surface area contributed by atoms with Gasteiger partial charge in [0.1, 0.15) is 5.82 Å². The smallest absolute Gasteiger partial charge is 0.239 e. The van der Waals surface area contributed by atoms with E-state index in [4.69, 9.17) is 10.5 Å². The molecule has 0 radical (unpaired) electrons. The molecule has 0 unspecified atom stereocenters. The van der Waals surface area contributed by atoms with Crippen molar-refractivity contribution in [3.8, 4) is 10.6 Å². The van der Waals surface area contributed by atoms with Crippen molar-refractivity contribution in [2.24, 2.45) is 0 Å². The van der Waals surface area contributed by atoms with E-state index in [0.29, 0.717) is 11.9 Å². The van der Waals surface area contributed by atoms with Crippen molar-refractivity contribution in [2.45, 2.75) is 56.7 Å². The van der Waals surface area contributed by atoms with Crippen LogP contribution in [0.4, 0.5) is 5.82 Å². The molecule has 0 aromatic carbocycles. The van der Waals surface area contributed by atoms with E-state index in [1.165, 1.54) is 10.4 Å². The monoisotopic (exact) mass is 412 g/mol. The van der Waals surface area contributed by atoms with Crippen LogP contribution >= 0.6 is 11.3 Å². The largest absolute Gasteiger partial charge is 0.384 e. The maximum absolute atomic E-state index is 12.9. The summed E-state index contributed by atoms with van der Waals surface area (Å²) in [5, 5.41) is 3.43. The lowest BCUT2D eigenvalue weighted by Gasteiger charge is -2.44. The molecule has 2 aromatic rings. The second-order valence-electron chi connectivity index (χ2n) is 8.51. The van der Waals surface area contributed by atoms with Crippen LogP contribution in [0.15, 0.2) is 24.3 Å². The summed E-state index contributed by atoms with van der Waals surface area (Å²) in [6.45, 7) is 4.41. The maximum atomic E-state index is 12.9. The summed E-state index contributed by atoms with van der Waals surface area (Å²) >= 11 is 1.80. The van der Waals surface area contributed by atoms with E-state index in [9.17, 15) is 4.79 Å². The fourth-order valence-corrected chi connectivity index (χ4v) is 6.18. The molecule has 2 aromatic heterocycles. The molecule has 0 saturated carbocycles. The number of hydrogen-bond donors (Lipinski definition) is 2. The topological polar surface area (TPSA) is 80.5 Å². The van der Waals surface area contributed by atoms with Gasteiger partial charge in [0.25, 0.3) is 0 Å². The number of fused-ring (bicyclic) bond motifs is 2. The van der Waals surface area contributed by atoms with Gasteiger partial charge in [-0.1, -0.05) is 6.07 Å². The molecular formula is C22H28N4O2S. The third-order valence-electron chi connectivity index (χ3n) is 6.59. The highest BCUT2D eigenvalue weighted by atomic mass is 32.1. The molecule has 6 nitrogen and oxygen atoms in total. The van der Waals surface area contributed by atoms with Crippen LogP contribution in [-0.4, -0.2) is 47.6 Å². The van der Waals surface area contributed by atoms with Crippen molar-refractivity contribution < 1.29 is 9.53 Å². The zero-order chi connectivity index (χ0) is 20.0. The Morgan fingerprint density at radius 1 is 1.34 bits per heavy atom. The highest BCUT2D eigenvalue weighted by Gasteiger charge is 2.44. The lowest BCUT2D eigenvalue weighted by Crippen LogP contribution is -2.52. The van der Waals surface area contributed by atoms with Gasteiger partial charge in [0.15, 0.2) is 0 Å². The van der Waals surface area contributed by atoms with Gasteiger partial charge >= 0.3 is 0 Å². The number of likely N-dealkylation sites (tertiary alicyclic amines) is 1. The molecule has 29 heavy (non-hydrogen) atoms. The standard InChI is InChI=1S/C22H28N4O2S/c1-14-5-6-17(24-14)21(27)26-10-8-22(9-11-26)15-13-19(29-18(15)7-12-28-22)16-3-2-4-20(23)25-16/h2-4,13-14,17,24H,5-12H2,1H3,(H2,23,25)/t14-,17-/m0/s1. The van der Waals surface area contributed by atoms with Crippen molar-refractivity contribution in [2.75, 3.05) is 25.4 Å². The average Bonchev–Trinajstić information content (AvgIpc) is 3.36. The third kappa shape index (κ3) is 3.45. The quantitative estimate of drug-likeness (QED) is 0.793. The Kier molecular flexibility index (Phi) is 4.84. The Labute approximate surface area is 175 Å². The van der Waals surface area contributed by atoms with Crippen molar-refractivity contribution >= 4 is 23.1 Å². The predicted molar refractivity (Wildman–Crippen MR) is 115 cm³/mol. The Balaban J connectivity index is 1.35. The first kappa shape index (κ1) is 19.0. The van der Waals surface area contributed by atoms with E-state index in [-0.39, 0.29) is 17.6 Å². The van der Waals surface area contributed by atoms with Crippen LogP contribution in [0.2, 0.25) is 0 Å². The molecule has 1 spiro atoms. The molecule has 5 rings (SSSR count). The molecule has 154 valence electrons. The summed E-state index contributed by atoms with van der Waals surface area (Å²) < 4.78 is 6.38. The van der Waals surface area contributed by atoms with Gasteiger partial charge in [-0.05, 0) is 56.4 Å². The molecule has 2 saturated heterocycles. The van der Waals surface area contributed by atoms with Crippen LogP contribution in [0.3, 0.4) is 0 Å². The molecular weight excluding hydrogens is 384 g/mol. The molecule has 1 amide bonds. The second-order valence-corrected chi connectivity index (χ2v) is 9.65. The van der Waals surface area contributed by atoms with E-state index >= 15 is 0 Å². The van der Waals surface area contributed by atoms with E-state index < -0.39 is 0 Å². The van der Waals surface area contributed by atoms with E-state index in [2.05, 4.69) is 23.3 Å². The van der Waals surface area contributed by atoms with Gasteiger partial charge in [0.2, 0.25) is 5.91 Å². The van der Waals surface area contributed by atoms with Crippen LogP contribution in [0.5, 0.6) is 0 Å². The fraction of sp³-hybridized carbons (Fsp3) is 0.545. The summed E-state index contributed by atoms with van der Waals surface area (Å²) in [7, 11) is 0. The number of aromatic nitrogens is 1. The van der Waals surface area contributed by atoms with Crippen LogP contribution < -0.4 is 11.1 Å². The minimum absolute atomic E-state index is 0.00995. The molecule has 3 aliphatic rings. The number of thiophene rings is 1. The summed E-state index contributed by atoms with van der Waals surface area (Å²) in [4.78, 5) is 22.0. The first-order chi connectivity index (χ1) is 14.0. The highest BCUT2D eigenvalue weighted by molar-refractivity contribution is 7.15. The van der Waals surface area contributed by atoms with Gasteiger partial charge in [-0.3, -0.25) is 4.79 Å². The number of pyridine rings is 1. The minimum atomic E-state index is -0.268. The number of piperidine rings is 1. The van der Waals surface area contributed by atoms with Gasteiger partial charge in [-0.2, -0.15) is 0 Å². The number of ether oxygens (including phenoxy) is 1. The van der Waals surface area contributed by atoms with Gasteiger partial charge in [-0.25, -0.2) is 4.98 Å². The number of amides is 1. The third-order valence-corrected chi connectivity index (χ3v) is 7.80. The Bertz CT molecular complexity index is 919. The fourth-order valence-electron chi connectivity index (χ4n) is 4.98. The van der Waals surface area contributed by atoms with Crippen LogP contribution in [0.1, 0.15) is 43.0 Å². The molecule has 3 N–H and O–H groups in total. The number of anilines is 1. The molecule has 2 atom stereocenters. The summed E-state index contributed by atoms with van der Waals surface area (Å²) in [6, 6.07) is 8.45. The SMILES string of the molecule is C[C@H]1CC[C@@H](C(=O)N2CCC3(CC2)OCCc2sc(-c4cccc(N)n4)cc23)N1. The van der Waals surface area contributed by atoms with E-state index in [0.717, 1.165) is 62.4 Å². The van der Waals surface area contributed by atoms with Crippen molar-refractivity contribution in [1.82, 2.24) is 15.2 Å². The van der Waals surface area contributed by atoms with Crippen LogP contribution in [0.25, 0.3) is 10.6 Å². The first-order valence-electron chi connectivity index (χ1n) is 10.6. The number of rotatable bonds is 2. The van der Waals surface area contributed by atoms with Crippen molar-refractivity contribution in [1.29, 1.82) is 0 Å². The second kappa shape index (κ2) is 7.38. The number of nitrogens with two attached hydrogens (primary N) is 1. The normalized spacial score (nSPS) is 25.9. The van der Waals surface area contributed by atoms with Crippen LogP contribution in [-0.2, 0) is 21.6 Å². The zero-order valence-electron chi connectivity index (χ0n) is 16.8. The minimum Gasteiger partial charge on any atom is -0.384 e. The van der Waals surface area contributed by atoms with Gasteiger partial charge in [-0.15, -0.1) is 11.3 Å². The maximum Gasteiger partial charge on any atom is 0.239 e. The van der Waals surface area contributed by atoms with Gasteiger partial charge in [0, 0.05) is 30.4 Å². The number of carbonyl (C=O) groups is 1. The number of hydrogen-bond acceptors (Lipinski definition) is 6. The number of nitrogens with one attached hydrogen (secondary N) is 1. The summed E-state index contributed by atoms with van der Waals surface area (Å²) in [6.07, 6.45) is 4.68. The Morgan fingerprint density at radius 3 is 2.90 bits per heavy atom. The zero-order valence-corrected chi connectivity index (χ0v) is 17.6. The number of nitrogens with zero attached hydrogens (tertiary/aromatic N) is 2. The molecule has 0 bridgehead atoms. The Morgan fingerprint density at radius 2 is 2.17 bits per heavy atom. The van der Waals surface area contributed by atoms with Gasteiger partial charge < -0.3 is 20.7 Å². The Hall–Kier alpha value is -1.96. The molecule has 2 fully saturated rings. The summed E-state index contributed by atoms with van der Waals surface area (Å²) in [5.41, 5.74) is 7.84. The predicted octanol–water partition coefficient (Wildman–Crippen LogP) is 2.92. The number of nitrogen functional groups attached to an aromatic ring is 1. The molecule has 3 aliphatic heterocycles. The first-order valence-corrected chi connectivity index (χ1v) is 11.4. The average molecular weight is 413 g/mol. The summed E-state index contributed by atoms with van der Waals surface area (Å²) in [5.74, 6) is 0.802. The number of carbonyl (C=O) groups excluding carboxylic acids is 1. The highest BCUT2D eigenvalue weighted by Crippen LogP contribution is 2.46. The lowest BCUT2D eigenvalue weighted by atomic mass is 9.82. The van der Waals surface area contributed by atoms with Crippen molar-refractivity contribution in [3.05, 3.63) is 34.7 Å². The molecule has 7 heteroatoms.